The lowest BCUT2D eigenvalue weighted by molar-refractivity contribution is 0.0656. The van der Waals surface area contributed by atoms with E-state index in [-0.39, 0.29) is 0 Å². The second-order valence-corrected chi connectivity index (χ2v) is 2.83. The van der Waals surface area contributed by atoms with Crippen molar-refractivity contribution in [3.63, 3.8) is 0 Å². The maximum atomic E-state index is 3.83. The first kappa shape index (κ1) is 5.10. The van der Waals surface area contributed by atoms with Crippen LogP contribution in [0.15, 0.2) is 0 Å². The van der Waals surface area contributed by atoms with Gasteiger partial charge in [0, 0.05) is 19.1 Å². The molecule has 0 saturated carbocycles. The largest absolute Gasteiger partial charge is 0.297 e. The minimum absolute atomic E-state index is 0.403. The van der Waals surface area contributed by atoms with Crippen molar-refractivity contribution in [2.75, 3.05) is 6.54 Å². The van der Waals surface area contributed by atoms with Gasteiger partial charge in [-0.15, -0.1) is 0 Å². The summed E-state index contributed by atoms with van der Waals surface area (Å²) in [5, 5.41) is 0. The van der Waals surface area contributed by atoms with Gasteiger partial charge in [0.1, 0.15) is 0 Å². The summed E-state index contributed by atoms with van der Waals surface area (Å²) in [4.78, 5) is 2.12. The van der Waals surface area contributed by atoms with Gasteiger partial charge in [-0.25, -0.2) is 0 Å². The molecule has 41 valence electrons. The zero-order chi connectivity index (χ0) is 5.49. The molecule has 0 aromatic heterocycles. The van der Waals surface area contributed by atoms with Crippen LogP contribution in [0.4, 0.5) is 0 Å². The maximum Gasteiger partial charge on any atom is 0.0165 e. The minimum Gasteiger partial charge on any atom is -0.297 e. The highest BCUT2D eigenvalue weighted by Gasteiger charge is 2.31. The van der Waals surface area contributed by atoms with E-state index in [1.807, 2.05) is 0 Å². The Bertz CT molecular complexity index is 76.2. The van der Waals surface area contributed by atoms with Crippen LogP contribution in [0.1, 0.15) is 20.3 Å². The highest BCUT2D eigenvalue weighted by Crippen LogP contribution is 2.27. The minimum atomic E-state index is 0.403. The second-order valence-electron chi connectivity index (χ2n) is 2.83. The maximum absolute atomic E-state index is 3.83. The summed E-state index contributed by atoms with van der Waals surface area (Å²) in [6.07, 6.45) is 1.30. The van der Waals surface area contributed by atoms with Crippen LogP contribution in [-0.2, 0) is 0 Å². The number of rotatable bonds is 0. The Morgan fingerprint density at radius 1 is 1.57 bits per heavy atom. The van der Waals surface area contributed by atoms with E-state index in [4.69, 9.17) is 0 Å². The van der Waals surface area contributed by atoms with Crippen molar-refractivity contribution in [1.29, 1.82) is 0 Å². The molecule has 1 heterocycles. The molecule has 0 amide bonds. The normalized spacial score (nSPS) is 29.6. The van der Waals surface area contributed by atoms with Gasteiger partial charge >= 0.3 is 0 Å². The first-order chi connectivity index (χ1) is 3.13. The molecule has 0 atom stereocenters. The van der Waals surface area contributed by atoms with Crippen molar-refractivity contribution in [1.82, 2.24) is 4.90 Å². The molecule has 1 aliphatic heterocycles. The van der Waals surface area contributed by atoms with Gasteiger partial charge in [0.2, 0.25) is 0 Å². The van der Waals surface area contributed by atoms with Crippen molar-refractivity contribution in [3.05, 3.63) is 7.05 Å². The van der Waals surface area contributed by atoms with E-state index in [9.17, 15) is 0 Å². The lowest BCUT2D eigenvalue weighted by atomic mass is 9.90. The third-order valence-electron chi connectivity index (χ3n) is 1.85. The van der Waals surface area contributed by atoms with E-state index in [0.717, 1.165) is 0 Å². The third-order valence-corrected chi connectivity index (χ3v) is 1.85. The molecule has 1 fully saturated rings. The van der Waals surface area contributed by atoms with Crippen molar-refractivity contribution < 1.29 is 0 Å². The fourth-order valence-electron chi connectivity index (χ4n) is 0.717. The van der Waals surface area contributed by atoms with Crippen LogP contribution in [0.25, 0.3) is 0 Å². The molecule has 1 heteroatoms. The first-order valence-electron chi connectivity index (χ1n) is 2.71. The van der Waals surface area contributed by atoms with Gasteiger partial charge in [-0.3, -0.25) is 4.90 Å². The average molecular weight is 98.2 g/mol. The van der Waals surface area contributed by atoms with Crippen LogP contribution in [0.2, 0.25) is 0 Å². The Kier molecular flexibility index (Phi) is 0.890. The van der Waals surface area contributed by atoms with Gasteiger partial charge in [0.15, 0.2) is 0 Å². The van der Waals surface area contributed by atoms with Gasteiger partial charge in [0.25, 0.3) is 0 Å². The molecule has 7 heavy (non-hydrogen) atoms. The van der Waals surface area contributed by atoms with Gasteiger partial charge in [0.05, 0.1) is 0 Å². The monoisotopic (exact) mass is 98.1 g/mol. The van der Waals surface area contributed by atoms with Crippen molar-refractivity contribution in [2.24, 2.45) is 0 Å². The summed E-state index contributed by atoms with van der Waals surface area (Å²) < 4.78 is 0. The highest BCUT2D eigenvalue weighted by atomic mass is 15.2. The Hall–Kier alpha value is -0.0400. The van der Waals surface area contributed by atoms with Crippen LogP contribution in [-0.4, -0.2) is 17.0 Å². The van der Waals surface area contributed by atoms with E-state index < -0.39 is 0 Å². The van der Waals surface area contributed by atoms with Crippen molar-refractivity contribution in [3.8, 4) is 0 Å². The summed E-state index contributed by atoms with van der Waals surface area (Å²) in [5.41, 5.74) is 0.403. The molecule has 0 N–H and O–H groups in total. The van der Waals surface area contributed by atoms with Gasteiger partial charge in [-0.2, -0.15) is 0 Å². The van der Waals surface area contributed by atoms with Crippen molar-refractivity contribution in [2.45, 2.75) is 25.8 Å². The van der Waals surface area contributed by atoms with Crippen LogP contribution in [0.5, 0.6) is 0 Å². The predicted octanol–water partition coefficient (Wildman–Crippen LogP) is 1.26. The lowest BCUT2D eigenvalue weighted by Crippen LogP contribution is -2.51. The molecule has 0 spiro atoms. The molecule has 1 saturated heterocycles. The molecule has 0 unspecified atom stereocenters. The molecule has 0 aromatic rings. The smallest absolute Gasteiger partial charge is 0.0165 e. The molecule has 0 aromatic carbocycles. The van der Waals surface area contributed by atoms with E-state index in [1.165, 1.54) is 13.0 Å². The summed E-state index contributed by atoms with van der Waals surface area (Å²) in [6.45, 7) is 5.60. The van der Waals surface area contributed by atoms with E-state index in [0.29, 0.717) is 5.54 Å². The van der Waals surface area contributed by atoms with Crippen molar-refractivity contribution >= 4 is 0 Å². The van der Waals surface area contributed by atoms with Crippen LogP contribution in [0.3, 0.4) is 0 Å². The Balaban J connectivity index is 2.43. The molecule has 1 nitrogen and oxygen atoms in total. The highest BCUT2D eigenvalue weighted by molar-refractivity contribution is 4.90. The topological polar surface area (TPSA) is 3.24 Å². The molecule has 0 bridgehead atoms. The Morgan fingerprint density at radius 2 is 2.00 bits per heavy atom. The molecule has 1 rings (SSSR count). The lowest BCUT2D eigenvalue weighted by Gasteiger charge is -2.45. The summed E-state index contributed by atoms with van der Waals surface area (Å²) in [7, 11) is 3.83. The van der Waals surface area contributed by atoms with Crippen LogP contribution >= 0.6 is 0 Å². The molecule has 0 aliphatic carbocycles. The van der Waals surface area contributed by atoms with E-state index >= 15 is 0 Å². The number of nitrogens with zero attached hydrogens (tertiary/aromatic N) is 1. The quantitative estimate of drug-likeness (QED) is 0.441. The number of hydrogen-bond acceptors (Lipinski definition) is 1. The van der Waals surface area contributed by atoms with Gasteiger partial charge in [-0.1, -0.05) is 0 Å². The fourth-order valence-corrected chi connectivity index (χ4v) is 0.717. The van der Waals surface area contributed by atoms with Crippen LogP contribution in [0, 0.1) is 7.05 Å². The Labute approximate surface area is 45.3 Å². The van der Waals surface area contributed by atoms with Gasteiger partial charge in [-0.05, 0) is 20.3 Å². The summed E-state index contributed by atoms with van der Waals surface area (Å²) >= 11 is 0. The zero-order valence-electron chi connectivity index (χ0n) is 5.07. The molecule has 1 aliphatic rings. The average Bonchev–Trinajstić information content (AvgIpc) is 1.63. The first-order valence-corrected chi connectivity index (χ1v) is 2.71. The number of likely N-dealkylation sites (tertiary alicyclic amines) is 1. The van der Waals surface area contributed by atoms with E-state index in [2.05, 4.69) is 25.8 Å². The summed E-state index contributed by atoms with van der Waals surface area (Å²) in [5.74, 6) is 0. The SMILES string of the molecule is [CH2]N1CCC1(C)C. The molecular formula is C6H12N. The molecular weight excluding hydrogens is 86.1 g/mol. The van der Waals surface area contributed by atoms with Gasteiger partial charge < -0.3 is 0 Å². The fraction of sp³-hybridized carbons (Fsp3) is 0.833. The number of hydrogen-bond donors (Lipinski definition) is 0. The summed E-state index contributed by atoms with van der Waals surface area (Å²) in [6, 6.07) is 0. The van der Waals surface area contributed by atoms with E-state index in [1.54, 1.807) is 0 Å². The second kappa shape index (κ2) is 1.22. The van der Waals surface area contributed by atoms with Crippen LogP contribution < -0.4 is 0 Å². The Morgan fingerprint density at radius 3 is 2.00 bits per heavy atom. The molecule has 1 radical (unpaired) electrons. The third kappa shape index (κ3) is 0.653. The standard InChI is InChI=1S/C6H12N/c1-6(2)4-5-7(6)3/h3-5H2,1-2H3. The predicted molar refractivity (Wildman–Crippen MR) is 30.8 cm³/mol. The zero-order valence-corrected chi connectivity index (χ0v) is 5.07.